The number of benzene rings is 2. The van der Waals surface area contributed by atoms with Gasteiger partial charge in [0, 0.05) is 0 Å². The van der Waals surface area contributed by atoms with E-state index in [1.807, 2.05) is 60.7 Å². The van der Waals surface area contributed by atoms with Gasteiger partial charge < -0.3 is 10.7 Å². The predicted molar refractivity (Wildman–Crippen MR) is 63.4 cm³/mol. The number of para-hydroxylation sites is 1. The summed E-state index contributed by atoms with van der Waals surface area (Å²) in [5.41, 5.74) is 9.45. The van der Waals surface area contributed by atoms with Crippen molar-refractivity contribution in [2.75, 3.05) is 0 Å². The minimum Gasteiger partial charge on any atom is -0.482 e. The van der Waals surface area contributed by atoms with Crippen molar-refractivity contribution in [3.05, 3.63) is 72.0 Å². The summed E-state index contributed by atoms with van der Waals surface area (Å²) in [4.78, 5) is 4.21. The van der Waals surface area contributed by atoms with Crippen LogP contribution in [0.25, 0.3) is 5.73 Å². The van der Waals surface area contributed by atoms with Crippen molar-refractivity contribution < 1.29 is 17.1 Å². The molecule has 16 heavy (non-hydrogen) atoms. The number of nitrogens with zero attached hydrogens (tertiary/aromatic N) is 1. The smallest absolute Gasteiger partial charge is 0.482 e. The van der Waals surface area contributed by atoms with Gasteiger partial charge in [-0.1, -0.05) is 66.5 Å². The topological polar surface area (TPSA) is 36.2 Å². The Hall–Kier alpha value is -1.57. The molecule has 0 aliphatic rings. The third-order valence-electron chi connectivity index (χ3n) is 2.04. The number of nitrogens with one attached hydrogen (secondary N) is 1. The molecule has 0 aliphatic heterocycles. The molecule has 0 bridgehead atoms. The van der Waals surface area contributed by atoms with E-state index < -0.39 is 0 Å². The SMILES string of the molecule is [Cu+].[NH-]C(=Nc1ccccc1)c1ccccc1. The minimum atomic E-state index is 0. The normalized spacial score (nSPS) is 10.6. The van der Waals surface area contributed by atoms with Crippen LogP contribution in [0.3, 0.4) is 0 Å². The largest absolute Gasteiger partial charge is 1.00 e. The quantitative estimate of drug-likeness (QED) is 0.446. The molecule has 0 heterocycles. The van der Waals surface area contributed by atoms with Gasteiger partial charge in [0.1, 0.15) is 0 Å². The van der Waals surface area contributed by atoms with Crippen LogP contribution in [0.4, 0.5) is 5.69 Å². The van der Waals surface area contributed by atoms with Crippen molar-refractivity contribution in [3.8, 4) is 0 Å². The average Bonchev–Trinajstić information content (AvgIpc) is 2.31. The third kappa shape index (κ3) is 3.23. The Morgan fingerprint density at radius 3 is 1.88 bits per heavy atom. The zero-order valence-corrected chi connectivity index (χ0v) is 9.46. The Kier molecular flexibility index (Phi) is 4.77. The van der Waals surface area contributed by atoms with Gasteiger partial charge in [-0.2, -0.15) is 0 Å². The fourth-order valence-corrected chi connectivity index (χ4v) is 1.29. The van der Waals surface area contributed by atoms with Crippen LogP contribution < -0.4 is 0 Å². The van der Waals surface area contributed by atoms with Crippen LogP contribution in [0.1, 0.15) is 5.56 Å². The second-order valence-corrected chi connectivity index (χ2v) is 3.16. The summed E-state index contributed by atoms with van der Waals surface area (Å²) in [5, 5.41) is 0. The van der Waals surface area contributed by atoms with Crippen LogP contribution in [0.15, 0.2) is 65.7 Å². The van der Waals surface area contributed by atoms with Gasteiger partial charge in [-0.3, -0.25) is 0 Å². The molecule has 3 heteroatoms. The summed E-state index contributed by atoms with van der Waals surface area (Å²) in [6, 6.07) is 19.0. The fraction of sp³-hybridized carbons (Fsp3) is 0. The molecule has 0 saturated carbocycles. The number of hydrogen-bond donors (Lipinski definition) is 0. The first-order valence-corrected chi connectivity index (χ1v) is 4.77. The van der Waals surface area contributed by atoms with E-state index >= 15 is 0 Å². The molecule has 2 aromatic rings. The van der Waals surface area contributed by atoms with Gasteiger partial charge in [0.15, 0.2) is 0 Å². The van der Waals surface area contributed by atoms with E-state index in [2.05, 4.69) is 4.99 Å². The summed E-state index contributed by atoms with van der Waals surface area (Å²) in [6.07, 6.45) is 0. The van der Waals surface area contributed by atoms with E-state index in [1.54, 1.807) is 0 Å². The summed E-state index contributed by atoms with van der Waals surface area (Å²) in [5.74, 6) is 0.293. The molecule has 84 valence electrons. The van der Waals surface area contributed by atoms with Crippen molar-refractivity contribution in [2.24, 2.45) is 4.99 Å². The first-order chi connectivity index (χ1) is 7.36. The van der Waals surface area contributed by atoms with Crippen LogP contribution in [-0.4, -0.2) is 5.84 Å². The summed E-state index contributed by atoms with van der Waals surface area (Å²) >= 11 is 0. The number of amidine groups is 1. The molecular formula is C13H11CuN2. The molecule has 0 radical (unpaired) electrons. The van der Waals surface area contributed by atoms with Gasteiger partial charge in [-0.25, -0.2) is 0 Å². The zero-order chi connectivity index (χ0) is 10.5. The molecule has 0 aliphatic carbocycles. The maximum Gasteiger partial charge on any atom is 1.00 e. The molecule has 2 aromatic carbocycles. The van der Waals surface area contributed by atoms with Gasteiger partial charge in [0.05, 0.1) is 0 Å². The Bertz CT molecular complexity index is 452. The van der Waals surface area contributed by atoms with Gasteiger partial charge in [-0.15, -0.1) is 0 Å². The predicted octanol–water partition coefficient (Wildman–Crippen LogP) is 3.81. The fourth-order valence-electron chi connectivity index (χ4n) is 1.29. The maximum absolute atomic E-state index is 7.80. The standard InChI is InChI=1S/C13H11N2.Cu/c14-13(11-7-3-1-4-8-11)15-12-9-5-2-6-10-12;/h1-10H,(H-,14,15);/q-1;+1. The van der Waals surface area contributed by atoms with Crippen molar-refractivity contribution in [2.45, 2.75) is 0 Å². The molecule has 0 amide bonds. The van der Waals surface area contributed by atoms with E-state index in [9.17, 15) is 0 Å². The monoisotopic (exact) mass is 258 g/mol. The molecular weight excluding hydrogens is 248 g/mol. The van der Waals surface area contributed by atoms with Crippen LogP contribution in [-0.2, 0) is 17.1 Å². The summed E-state index contributed by atoms with van der Waals surface area (Å²) in [7, 11) is 0. The van der Waals surface area contributed by atoms with Crippen LogP contribution in [0, 0.1) is 0 Å². The molecule has 0 fully saturated rings. The Labute approximate surface area is 106 Å². The van der Waals surface area contributed by atoms with E-state index in [1.165, 1.54) is 0 Å². The van der Waals surface area contributed by atoms with Gasteiger partial charge in [0.25, 0.3) is 0 Å². The minimum absolute atomic E-state index is 0. The molecule has 0 unspecified atom stereocenters. The van der Waals surface area contributed by atoms with E-state index in [0.717, 1.165) is 11.3 Å². The molecule has 2 rings (SSSR count). The number of rotatable bonds is 2. The van der Waals surface area contributed by atoms with Gasteiger partial charge in [-0.05, 0) is 11.3 Å². The Morgan fingerprint density at radius 1 is 0.812 bits per heavy atom. The molecule has 1 N–H and O–H groups in total. The molecule has 0 atom stereocenters. The zero-order valence-electron chi connectivity index (χ0n) is 8.52. The summed E-state index contributed by atoms with van der Waals surface area (Å²) < 4.78 is 0. The van der Waals surface area contributed by atoms with Crippen LogP contribution in [0.2, 0.25) is 0 Å². The van der Waals surface area contributed by atoms with Gasteiger partial charge >= 0.3 is 17.1 Å². The van der Waals surface area contributed by atoms with Gasteiger partial charge in [0.2, 0.25) is 0 Å². The number of hydrogen-bond acceptors (Lipinski definition) is 1. The first-order valence-electron chi connectivity index (χ1n) is 4.77. The van der Waals surface area contributed by atoms with Crippen molar-refractivity contribution in [1.82, 2.24) is 0 Å². The molecule has 2 nitrogen and oxygen atoms in total. The van der Waals surface area contributed by atoms with Crippen LogP contribution >= 0.6 is 0 Å². The summed E-state index contributed by atoms with van der Waals surface area (Å²) in [6.45, 7) is 0. The van der Waals surface area contributed by atoms with Crippen LogP contribution in [0.5, 0.6) is 0 Å². The van der Waals surface area contributed by atoms with E-state index in [4.69, 9.17) is 5.73 Å². The van der Waals surface area contributed by atoms with E-state index in [0.29, 0.717) is 5.84 Å². The third-order valence-corrected chi connectivity index (χ3v) is 2.04. The van der Waals surface area contributed by atoms with Crippen molar-refractivity contribution >= 4 is 11.5 Å². The Morgan fingerprint density at radius 2 is 1.31 bits per heavy atom. The second-order valence-electron chi connectivity index (χ2n) is 3.16. The maximum atomic E-state index is 7.80. The van der Waals surface area contributed by atoms with Crippen molar-refractivity contribution in [3.63, 3.8) is 0 Å². The Balaban J connectivity index is 0.00000128. The first kappa shape index (κ1) is 12.5. The average molecular weight is 259 g/mol. The van der Waals surface area contributed by atoms with E-state index in [-0.39, 0.29) is 17.1 Å². The molecule has 0 saturated heterocycles. The van der Waals surface area contributed by atoms with Crippen molar-refractivity contribution in [1.29, 1.82) is 0 Å². The number of aliphatic imine (C=N–C) groups is 1. The molecule has 0 spiro atoms. The second kappa shape index (κ2) is 6.11. The molecule has 0 aromatic heterocycles.